The highest BCUT2D eigenvalue weighted by Gasteiger charge is 2.42. The maximum absolute atomic E-state index is 13.0. The fourth-order valence-corrected chi connectivity index (χ4v) is 1.33. The van der Waals surface area contributed by atoms with Crippen LogP contribution in [0.4, 0.5) is 8.78 Å². The fraction of sp³-hybridized carbons (Fsp3) is 1.00. The van der Waals surface area contributed by atoms with Crippen molar-refractivity contribution in [2.45, 2.75) is 40.0 Å². The highest BCUT2D eigenvalue weighted by molar-refractivity contribution is 9.09. The van der Waals surface area contributed by atoms with E-state index in [1.807, 2.05) is 6.92 Å². The van der Waals surface area contributed by atoms with Crippen LogP contribution in [0.15, 0.2) is 0 Å². The Kier molecular flexibility index (Phi) is 4.15. The van der Waals surface area contributed by atoms with Gasteiger partial charge in [-0.3, -0.25) is 0 Å². The molecule has 0 aliphatic rings. The zero-order valence-electron chi connectivity index (χ0n) is 8.13. The molecule has 0 heterocycles. The summed E-state index contributed by atoms with van der Waals surface area (Å²) in [5, 5.41) is 0.784. The van der Waals surface area contributed by atoms with Crippen molar-refractivity contribution in [3.63, 3.8) is 0 Å². The second-order valence-electron chi connectivity index (χ2n) is 4.24. The Bertz CT molecular complexity index is 138. The topological polar surface area (TPSA) is 0 Å². The first-order valence-electron chi connectivity index (χ1n) is 4.14. The van der Waals surface area contributed by atoms with Crippen LogP contribution >= 0.6 is 15.9 Å². The molecule has 0 nitrogen and oxygen atoms in total. The average molecular weight is 243 g/mol. The minimum atomic E-state index is -2.59. The molecular formula is C9H17BrF2. The van der Waals surface area contributed by atoms with E-state index in [0.29, 0.717) is 12.3 Å². The van der Waals surface area contributed by atoms with Crippen LogP contribution in [0.3, 0.4) is 0 Å². The van der Waals surface area contributed by atoms with Gasteiger partial charge in [0.25, 0.3) is 0 Å². The van der Waals surface area contributed by atoms with Crippen molar-refractivity contribution in [2.24, 2.45) is 11.3 Å². The summed E-state index contributed by atoms with van der Waals surface area (Å²) in [5.74, 6) is -2.30. The number of alkyl halides is 3. The van der Waals surface area contributed by atoms with Gasteiger partial charge in [0.15, 0.2) is 0 Å². The molecule has 0 rings (SSSR count). The Morgan fingerprint density at radius 3 is 1.92 bits per heavy atom. The minimum Gasteiger partial charge on any atom is -0.207 e. The van der Waals surface area contributed by atoms with Gasteiger partial charge in [-0.05, 0) is 19.3 Å². The molecule has 74 valence electrons. The molecule has 0 aromatic carbocycles. The van der Waals surface area contributed by atoms with Crippen LogP contribution in [-0.4, -0.2) is 11.3 Å². The van der Waals surface area contributed by atoms with E-state index >= 15 is 0 Å². The Morgan fingerprint density at radius 1 is 1.25 bits per heavy atom. The standard InChI is InChI=1S/C9H17BrF2/c1-7(6-10)5-8(2,3)9(4,11)12/h7H,5-6H2,1-4H3. The lowest BCUT2D eigenvalue weighted by Crippen LogP contribution is -2.35. The Hall–Kier alpha value is 0.340. The first-order valence-corrected chi connectivity index (χ1v) is 5.26. The van der Waals surface area contributed by atoms with E-state index in [0.717, 1.165) is 12.3 Å². The maximum Gasteiger partial charge on any atom is 0.250 e. The van der Waals surface area contributed by atoms with Gasteiger partial charge >= 0.3 is 0 Å². The summed E-state index contributed by atoms with van der Waals surface area (Å²) >= 11 is 3.29. The van der Waals surface area contributed by atoms with Gasteiger partial charge in [-0.25, -0.2) is 8.78 Å². The molecule has 0 amide bonds. The van der Waals surface area contributed by atoms with Gasteiger partial charge in [0.1, 0.15) is 0 Å². The molecule has 3 heteroatoms. The predicted octanol–water partition coefficient (Wildman–Crippen LogP) is 4.09. The van der Waals surface area contributed by atoms with E-state index in [-0.39, 0.29) is 0 Å². The van der Waals surface area contributed by atoms with Gasteiger partial charge in [0.2, 0.25) is 5.92 Å². The van der Waals surface area contributed by atoms with E-state index in [1.54, 1.807) is 13.8 Å². The highest BCUT2D eigenvalue weighted by Crippen LogP contribution is 2.40. The Labute approximate surface area is 81.9 Å². The zero-order chi connectivity index (χ0) is 9.99. The average Bonchev–Trinajstić information content (AvgIpc) is 1.84. The van der Waals surface area contributed by atoms with Gasteiger partial charge in [0.05, 0.1) is 0 Å². The normalized spacial score (nSPS) is 16.2. The highest BCUT2D eigenvalue weighted by atomic mass is 79.9. The molecule has 0 aromatic rings. The third-order valence-corrected chi connectivity index (χ3v) is 3.42. The SMILES string of the molecule is CC(CBr)CC(C)(C)C(C)(F)F. The summed E-state index contributed by atoms with van der Waals surface area (Å²) in [6.07, 6.45) is 0.543. The van der Waals surface area contributed by atoms with Crippen molar-refractivity contribution in [1.29, 1.82) is 0 Å². The van der Waals surface area contributed by atoms with E-state index in [1.165, 1.54) is 0 Å². The molecule has 1 atom stereocenters. The molecule has 0 radical (unpaired) electrons. The van der Waals surface area contributed by atoms with Crippen LogP contribution in [0.2, 0.25) is 0 Å². The molecule has 0 fully saturated rings. The Morgan fingerprint density at radius 2 is 1.67 bits per heavy atom. The fourth-order valence-electron chi connectivity index (χ4n) is 1.10. The van der Waals surface area contributed by atoms with Crippen molar-refractivity contribution in [2.75, 3.05) is 5.33 Å². The molecule has 0 N–H and O–H groups in total. The van der Waals surface area contributed by atoms with Crippen LogP contribution in [-0.2, 0) is 0 Å². The Balaban J connectivity index is 4.22. The van der Waals surface area contributed by atoms with E-state index in [2.05, 4.69) is 15.9 Å². The van der Waals surface area contributed by atoms with Gasteiger partial charge < -0.3 is 0 Å². The van der Waals surface area contributed by atoms with Gasteiger partial charge in [0, 0.05) is 10.7 Å². The molecule has 12 heavy (non-hydrogen) atoms. The second-order valence-corrected chi connectivity index (χ2v) is 4.88. The van der Waals surface area contributed by atoms with Crippen molar-refractivity contribution >= 4 is 15.9 Å². The number of rotatable bonds is 4. The molecule has 0 saturated heterocycles. The zero-order valence-corrected chi connectivity index (χ0v) is 9.71. The van der Waals surface area contributed by atoms with Crippen molar-refractivity contribution < 1.29 is 8.78 Å². The summed E-state index contributed by atoms with van der Waals surface area (Å²) in [6.45, 7) is 6.20. The lowest BCUT2D eigenvalue weighted by Gasteiger charge is -2.33. The molecular weight excluding hydrogens is 226 g/mol. The van der Waals surface area contributed by atoms with Crippen LogP contribution in [0, 0.1) is 11.3 Å². The van der Waals surface area contributed by atoms with Crippen LogP contribution in [0.5, 0.6) is 0 Å². The largest absolute Gasteiger partial charge is 0.250 e. The van der Waals surface area contributed by atoms with E-state index in [9.17, 15) is 8.78 Å². The summed E-state index contributed by atoms with van der Waals surface area (Å²) in [4.78, 5) is 0. The molecule has 0 aromatic heterocycles. The lowest BCUT2D eigenvalue weighted by atomic mass is 9.79. The van der Waals surface area contributed by atoms with Gasteiger partial charge in [-0.1, -0.05) is 36.7 Å². The van der Waals surface area contributed by atoms with Crippen LogP contribution in [0.1, 0.15) is 34.1 Å². The maximum atomic E-state index is 13.0. The van der Waals surface area contributed by atoms with Crippen molar-refractivity contribution in [3.8, 4) is 0 Å². The summed E-state index contributed by atoms with van der Waals surface area (Å²) in [7, 11) is 0. The first-order chi connectivity index (χ1) is 5.20. The van der Waals surface area contributed by atoms with Crippen LogP contribution in [0.25, 0.3) is 0 Å². The first kappa shape index (κ1) is 12.3. The molecule has 1 unspecified atom stereocenters. The molecule has 0 aliphatic heterocycles. The van der Waals surface area contributed by atoms with Crippen molar-refractivity contribution in [1.82, 2.24) is 0 Å². The summed E-state index contributed by atoms with van der Waals surface area (Å²) in [6, 6.07) is 0. The summed E-state index contributed by atoms with van der Waals surface area (Å²) in [5.41, 5.74) is -0.903. The second kappa shape index (κ2) is 4.03. The predicted molar refractivity (Wildman–Crippen MR) is 52.0 cm³/mol. The third kappa shape index (κ3) is 3.38. The summed E-state index contributed by atoms with van der Waals surface area (Å²) < 4.78 is 26.0. The van der Waals surface area contributed by atoms with Gasteiger partial charge in [-0.2, -0.15) is 0 Å². The lowest BCUT2D eigenvalue weighted by molar-refractivity contribution is -0.0967. The van der Waals surface area contributed by atoms with E-state index < -0.39 is 11.3 Å². The van der Waals surface area contributed by atoms with Crippen LogP contribution < -0.4 is 0 Å². The van der Waals surface area contributed by atoms with Gasteiger partial charge in [-0.15, -0.1) is 0 Å². The van der Waals surface area contributed by atoms with Crippen molar-refractivity contribution in [3.05, 3.63) is 0 Å². The number of hydrogen-bond donors (Lipinski definition) is 0. The number of halogens is 3. The molecule has 0 bridgehead atoms. The molecule has 0 aliphatic carbocycles. The molecule has 0 saturated carbocycles. The minimum absolute atomic E-state index is 0.297. The third-order valence-electron chi connectivity index (χ3n) is 2.31. The molecule has 0 spiro atoms. The number of hydrogen-bond acceptors (Lipinski definition) is 0. The monoisotopic (exact) mass is 242 g/mol. The quantitative estimate of drug-likeness (QED) is 0.652. The smallest absolute Gasteiger partial charge is 0.207 e. The van der Waals surface area contributed by atoms with E-state index in [4.69, 9.17) is 0 Å².